The van der Waals surface area contributed by atoms with Gasteiger partial charge in [0.15, 0.2) is 0 Å². The summed E-state index contributed by atoms with van der Waals surface area (Å²) in [4.78, 5) is 1.04. The van der Waals surface area contributed by atoms with Crippen molar-refractivity contribution in [2.75, 3.05) is 12.8 Å². The molecule has 0 heterocycles. The van der Waals surface area contributed by atoms with E-state index in [4.69, 9.17) is 10.5 Å². The van der Waals surface area contributed by atoms with Crippen LogP contribution in [0.5, 0.6) is 5.75 Å². The van der Waals surface area contributed by atoms with Crippen LogP contribution in [0.15, 0.2) is 41.3 Å². The molecule has 0 saturated heterocycles. The third kappa shape index (κ3) is 7.00. The minimum absolute atomic E-state index is 0.533. The van der Waals surface area contributed by atoms with E-state index in [1.807, 2.05) is 58.0 Å². The van der Waals surface area contributed by atoms with E-state index in [0.717, 1.165) is 27.5 Å². The fourth-order valence-electron chi connectivity index (χ4n) is 2.13. The second-order valence-electron chi connectivity index (χ2n) is 5.40. The monoisotopic (exact) mass is 333 g/mol. The zero-order valence-electron chi connectivity index (χ0n) is 15.5. The number of anilines is 1. The maximum atomic E-state index is 5.59. The van der Waals surface area contributed by atoms with Crippen LogP contribution in [0, 0.1) is 13.8 Å². The van der Waals surface area contributed by atoms with Crippen molar-refractivity contribution in [3.63, 3.8) is 0 Å². The molecule has 0 aliphatic carbocycles. The second kappa shape index (κ2) is 11.0. The van der Waals surface area contributed by atoms with Gasteiger partial charge in [-0.2, -0.15) is 0 Å². The number of methoxy groups -OCH3 is 1. The molecule has 128 valence electrons. The van der Waals surface area contributed by atoms with Crippen molar-refractivity contribution >= 4 is 18.3 Å². The Hall–Kier alpha value is -1.61. The normalized spacial score (nSPS) is 9.43. The molecule has 3 heteroatoms. The lowest BCUT2D eigenvalue weighted by Crippen LogP contribution is -1.92. The van der Waals surface area contributed by atoms with Crippen LogP contribution in [0.4, 0.5) is 5.69 Å². The van der Waals surface area contributed by atoms with Gasteiger partial charge in [-0.15, -0.1) is 12.6 Å². The lowest BCUT2D eigenvalue weighted by Gasteiger charge is -2.10. The number of thiol groups is 1. The van der Waals surface area contributed by atoms with E-state index in [1.54, 1.807) is 7.11 Å². The lowest BCUT2D eigenvalue weighted by molar-refractivity contribution is 0.407. The number of hydrogen-bond donors (Lipinski definition) is 2. The van der Waals surface area contributed by atoms with Crippen molar-refractivity contribution < 1.29 is 4.74 Å². The largest absolute Gasteiger partial charge is 0.496 e. The SMILES string of the molecule is CC.COc1ccccc1C(C)C.Cc1cc(N)cc(C)c1S. The van der Waals surface area contributed by atoms with E-state index < -0.39 is 0 Å². The van der Waals surface area contributed by atoms with Crippen molar-refractivity contribution in [2.45, 2.75) is 52.4 Å². The van der Waals surface area contributed by atoms with Crippen LogP contribution < -0.4 is 10.5 Å². The molecule has 0 radical (unpaired) electrons. The molecule has 0 spiro atoms. The molecule has 0 unspecified atom stereocenters. The number of ether oxygens (including phenoxy) is 1. The summed E-state index contributed by atoms with van der Waals surface area (Å²) in [5, 5.41) is 0. The van der Waals surface area contributed by atoms with E-state index in [2.05, 4.69) is 32.5 Å². The number of hydrogen-bond acceptors (Lipinski definition) is 3. The fourth-order valence-corrected chi connectivity index (χ4v) is 2.26. The van der Waals surface area contributed by atoms with Gasteiger partial charge in [-0.05, 0) is 54.7 Å². The van der Waals surface area contributed by atoms with E-state index in [-0.39, 0.29) is 0 Å². The molecule has 2 N–H and O–H groups in total. The predicted octanol–water partition coefficient (Wildman–Crippen LogP) is 6.02. The molecule has 0 aliphatic rings. The minimum atomic E-state index is 0.533. The van der Waals surface area contributed by atoms with Gasteiger partial charge in [0.05, 0.1) is 7.11 Å². The highest BCUT2D eigenvalue weighted by molar-refractivity contribution is 7.80. The van der Waals surface area contributed by atoms with Crippen LogP contribution in [-0.4, -0.2) is 7.11 Å². The Bertz CT molecular complexity index is 571. The maximum absolute atomic E-state index is 5.59. The van der Waals surface area contributed by atoms with E-state index in [1.165, 1.54) is 5.56 Å². The first-order valence-electron chi connectivity index (χ1n) is 8.05. The van der Waals surface area contributed by atoms with Gasteiger partial charge in [0.1, 0.15) is 5.75 Å². The first kappa shape index (κ1) is 21.4. The Morgan fingerprint density at radius 2 is 1.48 bits per heavy atom. The number of rotatable bonds is 2. The quantitative estimate of drug-likeness (QED) is 0.520. The first-order chi connectivity index (χ1) is 10.9. The van der Waals surface area contributed by atoms with E-state index in [9.17, 15) is 0 Å². The van der Waals surface area contributed by atoms with Crippen molar-refractivity contribution in [3.05, 3.63) is 53.1 Å². The van der Waals surface area contributed by atoms with Crippen molar-refractivity contribution in [2.24, 2.45) is 0 Å². The summed E-state index contributed by atoms with van der Waals surface area (Å²) >= 11 is 4.30. The Morgan fingerprint density at radius 1 is 1.00 bits per heavy atom. The predicted molar refractivity (Wildman–Crippen MR) is 106 cm³/mol. The standard InChI is InChI=1S/C10H14O.C8H11NS.C2H6/c1-8(2)9-6-4-5-7-10(9)11-3;1-5-3-7(9)4-6(2)8(5)10;1-2/h4-8H,1-3H3;3-4,10H,9H2,1-2H3;1-2H3. The van der Waals surface area contributed by atoms with Gasteiger partial charge in [-0.3, -0.25) is 0 Å². The summed E-state index contributed by atoms with van der Waals surface area (Å²) in [6, 6.07) is 12.0. The van der Waals surface area contributed by atoms with Gasteiger partial charge >= 0.3 is 0 Å². The summed E-state index contributed by atoms with van der Waals surface area (Å²) in [6.45, 7) is 12.3. The number of nitrogen functional groups attached to an aromatic ring is 1. The molecule has 0 aromatic heterocycles. The van der Waals surface area contributed by atoms with Gasteiger partial charge in [-0.1, -0.05) is 45.9 Å². The molecule has 0 fully saturated rings. The summed E-state index contributed by atoms with van der Waals surface area (Å²) in [5.41, 5.74) is 9.96. The molecule has 23 heavy (non-hydrogen) atoms. The summed E-state index contributed by atoms with van der Waals surface area (Å²) in [7, 11) is 1.71. The Kier molecular flexibility index (Phi) is 10.2. The smallest absolute Gasteiger partial charge is 0.122 e. The van der Waals surface area contributed by atoms with Crippen LogP contribution in [-0.2, 0) is 0 Å². The molecule has 0 bridgehead atoms. The van der Waals surface area contributed by atoms with Gasteiger partial charge in [-0.25, -0.2) is 0 Å². The van der Waals surface area contributed by atoms with E-state index in [0.29, 0.717) is 5.92 Å². The molecule has 2 nitrogen and oxygen atoms in total. The summed E-state index contributed by atoms with van der Waals surface area (Å²) in [6.07, 6.45) is 0. The topological polar surface area (TPSA) is 35.2 Å². The van der Waals surface area contributed by atoms with E-state index >= 15 is 0 Å². The Labute approximate surface area is 147 Å². The molecule has 0 atom stereocenters. The Balaban J connectivity index is 0.000000381. The molecule has 0 saturated carbocycles. The number of aryl methyl sites for hydroxylation is 2. The van der Waals surface area contributed by atoms with Crippen LogP contribution >= 0.6 is 12.6 Å². The highest BCUT2D eigenvalue weighted by Crippen LogP contribution is 2.25. The maximum Gasteiger partial charge on any atom is 0.122 e. The van der Waals surface area contributed by atoms with Crippen molar-refractivity contribution in [1.82, 2.24) is 0 Å². The third-order valence-electron chi connectivity index (χ3n) is 3.27. The van der Waals surface area contributed by atoms with Crippen LogP contribution in [0.3, 0.4) is 0 Å². The molecule has 0 amide bonds. The zero-order valence-corrected chi connectivity index (χ0v) is 16.4. The highest BCUT2D eigenvalue weighted by atomic mass is 32.1. The summed E-state index contributed by atoms with van der Waals surface area (Å²) in [5.74, 6) is 1.52. The Morgan fingerprint density at radius 3 is 1.87 bits per heavy atom. The van der Waals surface area contributed by atoms with Crippen molar-refractivity contribution in [1.29, 1.82) is 0 Å². The lowest BCUT2D eigenvalue weighted by atomic mass is 10.0. The molecule has 0 aliphatic heterocycles. The third-order valence-corrected chi connectivity index (χ3v) is 3.98. The van der Waals surface area contributed by atoms with Crippen LogP contribution in [0.25, 0.3) is 0 Å². The van der Waals surface area contributed by atoms with Crippen LogP contribution in [0.1, 0.15) is 50.3 Å². The van der Waals surface area contributed by atoms with Gasteiger partial charge in [0, 0.05) is 10.6 Å². The highest BCUT2D eigenvalue weighted by Gasteiger charge is 2.04. The van der Waals surface area contributed by atoms with Gasteiger partial charge < -0.3 is 10.5 Å². The van der Waals surface area contributed by atoms with Crippen molar-refractivity contribution in [3.8, 4) is 5.75 Å². The fraction of sp³-hybridized carbons (Fsp3) is 0.400. The molecule has 2 aromatic carbocycles. The molecular formula is C20H31NOS. The number of benzene rings is 2. The van der Waals surface area contributed by atoms with Gasteiger partial charge in [0.2, 0.25) is 0 Å². The molecule has 2 rings (SSSR count). The second-order valence-corrected chi connectivity index (χ2v) is 5.85. The molecular weight excluding hydrogens is 302 g/mol. The number of nitrogens with two attached hydrogens (primary N) is 1. The zero-order chi connectivity index (χ0) is 18.0. The number of para-hydroxylation sites is 1. The first-order valence-corrected chi connectivity index (χ1v) is 8.50. The van der Waals surface area contributed by atoms with Crippen LogP contribution in [0.2, 0.25) is 0 Å². The average Bonchev–Trinajstić information content (AvgIpc) is 2.54. The molecule has 2 aromatic rings. The summed E-state index contributed by atoms with van der Waals surface area (Å²) < 4.78 is 5.21. The average molecular weight is 334 g/mol. The van der Waals surface area contributed by atoms with Gasteiger partial charge in [0.25, 0.3) is 0 Å². The minimum Gasteiger partial charge on any atom is -0.496 e.